The molecule has 0 saturated carbocycles. The zero-order valence-electron chi connectivity index (χ0n) is 16.2. The normalized spacial score (nSPS) is 10.2. The number of anilines is 1. The maximum Gasteiger partial charge on any atom is 0.255 e. The Hall–Kier alpha value is -3.47. The number of nitrogens with one attached hydrogen (secondary N) is 1. The Labute approximate surface area is 164 Å². The number of methoxy groups -OCH3 is 2. The van der Waals surface area contributed by atoms with Crippen LogP contribution in [0.25, 0.3) is 0 Å². The Morgan fingerprint density at radius 3 is 2.11 bits per heavy atom. The molecule has 3 aromatic rings. The third-order valence-corrected chi connectivity index (χ3v) is 4.34. The molecule has 0 unspecified atom stereocenters. The Balaban J connectivity index is 1.85. The van der Waals surface area contributed by atoms with Crippen LogP contribution in [0.3, 0.4) is 0 Å². The van der Waals surface area contributed by atoms with Crippen molar-refractivity contribution in [3.63, 3.8) is 0 Å². The summed E-state index contributed by atoms with van der Waals surface area (Å²) >= 11 is 0. The molecule has 0 atom stereocenters. The molecule has 0 radical (unpaired) electrons. The van der Waals surface area contributed by atoms with Gasteiger partial charge in [0.05, 0.1) is 14.2 Å². The van der Waals surface area contributed by atoms with Gasteiger partial charge in [0, 0.05) is 11.3 Å². The number of para-hydroxylation sites is 1. The molecule has 1 N–H and O–H groups in total. The van der Waals surface area contributed by atoms with Crippen LogP contribution in [-0.2, 0) is 6.61 Å². The van der Waals surface area contributed by atoms with Gasteiger partial charge in [0.15, 0.2) is 11.5 Å². The smallest absolute Gasteiger partial charge is 0.255 e. The van der Waals surface area contributed by atoms with Crippen LogP contribution >= 0.6 is 0 Å². The molecule has 0 spiro atoms. The van der Waals surface area contributed by atoms with Crippen molar-refractivity contribution in [3.05, 3.63) is 83.4 Å². The number of amides is 1. The van der Waals surface area contributed by atoms with Gasteiger partial charge in [-0.3, -0.25) is 4.79 Å². The summed E-state index contributed by atoms with van der Waals surface area (Å²) in [5.41, 5.74) is 3.18. The molecule has 0 aliphatic carbocycles. The summed E-state index contributed by atoms with van der Waals surface area (Å²) in [7, 11) is 3.07. The number of hydrogen-bond acceptors (Lipinski definition) is 4. The third kappa shape index (κ3) is 4.43. The number of ether oxygens (including phenoxy) is 3. The second kappa shape index (κ2) is 8.95. The van der Waals surface area contributed by atoms with Gasteiger partial charge in [0.25, 0.3) is 5.91 Å². The van der Waals surface area contributed by atoms with Crippen molar-refractivity contribution < 1.29 is 19.0 Å². The molecule has 5 heteroatoms. The van der Waals surface area contributed by atoms with Crippen LogP contribution in [0.4, 0.5) is 5.69 Å². The topological polar surface area (TPSA) is 56.8 Å². The molecular weight excluding hydrogens is 354 g/mol. The fourth-order valence-electron chi connectivity index (χ4n) is 2.79. The zero-order valence-corrected chi connectivity index (χ0v) is 16.2. The molecule has 0 fully saturated rings. The van der Waals surface area contributed by atoms with Crippen LogP contribution < -0.4 is 19.5 Å². The van der Waals surface area contributed by atoms with Crippen molar-refractivity contribution in [3.8, 4) is 17.2 Å². The van der Waals surface area contributed by atoms with Crippen molar-refractivity contribution in [2.45, 2.75) is 13.5 Å². The molecule has 1 amide bonds. The first kappa shape index (κ1) is 19.3. The SMILES string of the molecule is COc1cc(C(=O)Nc2ccccc2C)cc(OC)c1OCc1ccccc1. The van der Waals surface area contributed by atoms with E-state index in [2.05, 4.69) is 5.32 Å². The van der Waals surface area contributed by atoms with Gasteiger partial charge >= 0.3 is 0 Å². The highest BCUT2D eigenvalue weighted by molar-refractivity contribution is 6.05. The molecule has 0 bridgehead atoms. The number of aryl methyl sites for hydroxylation is 1. The highest BCUT2D eigenvalue weighted by Crippen LogP contribution is 2.39. The Kier molecular flexibility index (Phi) is 6.17. The van der Waals surface area contributed by atoms with Crippen LogP contribution in [0.1, 0.15) is 21.5 Å². The zero-order chi connectivity index (χ0) is 19.9. The molecule has 0 aromatic heterocycles. The maximum absolute atomic E-state index is 12.7. The fraction of sp³-hybridized carbons (Fsp3) is 0.174. The molecule has 28 heavy (non-hydrogen) atoms. The summed E-state index contributed by atoms with van der Waals surface area (Å²) in [6.45, 7) is 2.31. The van der Waals surface area contributed by atoms with E-state index in [0.29, 0.717) is 29.4 Å². The Morgan fingerprint density at radius 1 is 0.893 bits per heavy atom. The van der Waals surface area contributed by atoms with E-state index in [-0.39, 0.29) is 5.91 Å². The third-order valence-electron chi connectivity index (χ3n) is 4.34. The van der Waals surface area contributed by atoms with Crippen LogP contribution in [0.15, 0.2) is 66.7 Å². The summed E-state index contributed by atoms with van der Waals surface area (Å²) in [5.74, 6) is 1.08. The largest absolute Gasteiger partial charge is 0.493 e. The minimum Gasteiger partial charge on any atom is -0.493 e. The van der Waals surface area contributed by atoms with E-state index in [4.69, 9.17) is 14.2 Å². The fourth-order valence-corrected chi connectivity index (χ4v) is 2.79. The first-order valence-corrected chi connectivity index (χ1v) is 8.92. The van der Waals surface area contributed by atoms with Crippen molar-refractivity contribution in [2.75, 3.05) is 19.5 Å². The van der Waals surface area contributed by atoms with Gasteiger partial charge in [-0.1, -0.05) is 48.5 Å². The quantitative estimate of drug-likeness (QED) is 0.640. The molecule has 0 heterocycles. The first-order chi connectivity index (χ1) is 13.6. The van der Waals surface area contributed by atoms with Crippen LogP contribution in [0, 0.1) is 6.92 Å². The van der Waals surface area contributed by atoms with Gasteiger partial charge < -0.3 is 19.5 Å². The van der Waals surface area contributed by atoms with E-state index in [1.54, 1.807) is 12.1 Å². The number of rotatable bonds is 7. The van der Waals surface area contributed by atoms with E-state index < -0.39 is 0 Å². The van der Waals surface area contributed by atoms with Gasteiger partial charge in [-0.25, -0.2) is 0 Å². The average Bonchev–Trinajstić information content (AvgIpc) is 2.73. The Morgan fingerprint density at radius 2 is 1.50 bits per heavy atom. The van der Waals surface area contributed by atoms with E-state index in [0.717, 1.165) is 16.8 Å². The molecule has 5 nitrogen and oxygen atoms in total. The number of carbonyl (C=O) groups excluding carboxylic acids is 1. The predicted octanol–water partition coefficient (Wildman–Crippen LogP) is 4.84. The standard InChI is InChI=1S/C23H23NO4/c1-16-9-7-8-12-19(16)24-23(25)18-13-20(26-2)22(21(14-18)27-3)28-15-17-10-5-4-6-11-17/h4-14H,15H2,1-3H3,(H,24,25). The van der Waals surface area contributed by atoms with Crippen molar-refractivity contribution in [2.24, 2.45) is 0 Å². The minimum absolute atomic E-state index is 0.250. The lowest BCUT2D eigenvalue weighted by molar-refractivity contribution is 0.102. The van der Waals surface area contributed by atoms with Crippen molar-refractivity contribution in [1.29, 1.82) is 0 Å². The molecule has 0 saturated heterocycles. The van der Waals surface area contributed by atoms with Crippen molar-refractivity contribution >= 4 is 11.6 Å². The number of carbonyl (C=O) groups is 1. The molecule has 144 valence electrons. The highest BCUT2D eigenvalue weighted by atomic mass is 16.5. The predicted molar refractivity (Wildman–Crippen MR) is 109 cm³/mol. The van der Waals surface area contributed by atoms with Crippen LogP contribution in [0.5, 0.6) is 17.2 Å². The van der Waals surface area contributed by atoms with E-state index in [9.17, 15) is 4.79 Å². The summed E-state index contributed by atoms with van der Waals surface area (Å²) < 4.78 is 16.8. The molecular formula is C23H23NO4. The van der Waals surface area contributed by atoms with E-state index >= 15 is 0 Å². The second-order valence-electron chi connectivity index (χ2n) is 6.25. The maximum atomic E-state index is 12.7. The van der Waals surface area contributed by atoms with E-state index in [1.807, 2.05) is 61.5 Å². The van der Waals surface area contributed by atoms with E-state index in [1.165, 1.54) is 14.2 Å². The summed E-state index contributed by atoms with van der Waals surface area (Å²) in [6, 6.07) is 20.7. The molecule has 3 aromatic carbocycles. The first-order valence-electron chi connectivity index (χ1n) is 8.92. The summed E-state index contributed by atoms with van der Waals surface area (Å²) in [6.07, 6.45) is 0. The number of benzene rings is 3. The minimum atomic E-state index is -0.250. The van der Waals surface area contributed by atoms with Gasteiger partial charge in [-0.05, 0) is 36.2 Å². The molecule has 0 aliphatic rings. The lowest BCUT2D eigenvalue weighted by atomic mass is 10.1. The molecule has 0 aliphatic heterocycles. The average molecular weight is 377 g/mol. The van der Waals surface area contributed by atoms with Gasteiger partial charge in [-0.2, -0.15) is 0 Å². The monoisotopic (exact) mass is 377 g/mol. The highest BCUT2D eigenvalue weighted by Gasteiger charge is 2.18. The van der Waals surface area contributed by atoms with Gasteiger partial charge in [-0.15, -0.1) is 0 Å². The summed E-state index contributed by atoms with van der Waals surface area (Å²) in [5, 5.41) is 2.92. The second-order valence-corrected chi connectivity index (χ2v) is 6.25. The number of hydrogen-bond donors (Lipinski definition) is 1. The van der Waals surface area contributed by atoms with Gasteiger partial charge in [0.1, 0.15) is 6.61 Å². The lowest BCUT2D eigenvalue weighted by Crippen LogP contribution is -2.13. The van der Waals surface area contributed by atoms with Gasteiger partial charge in [0.2, 0.25) is 5.75 Å². The summed E-state index contributed by atoms with van der Waals surface area (Å²) in [4.78, 5) is 12.7. The van der Waals surface area contributed by atoms with Crippen LogP contribution in [-0.4, -0.2) is 20.1 Å². The molecule has 3 rings (SSSR count). The van der Waals surface area contributed by atoms with Crippen LogP contribution in [0.2, 0.25) is 0 Å². The van der Waals surface area contributed by atoms with Crippen molar-refractivity contribution in [1.82, 2.24) is 0 Å². The Bertz CT molecular complexity index is 929. The lowest BCUT2D eigenvalue weighted by Gasteiger charge is -2.16.